The molecule has 0 spiro atoms. The zero-order valence-corrected chi connectivity index (χ0v) is 40.8. The molecule has 5 saturated heterocycles. The Labute approximate surface area is 386 Å². The number of hydrogen-bond donors (Lipinski definition) is 0. The van der Waals surface area contributed by atoms with Crippen LogP contribution in [0.15, 0.2) is 30.3 Å². The van der Waals surface area contributed by atoms with Crippen molar-refractivity contribution >= 4 is 5.97 Å². The average Bonchev–Trinajstić information content (AvgIpc) is 3.92. The zero-order chi connectivity index (χ0) is 46.9. The van der Waals surface area contributed by atoms with Crippen molar-refractivity contribution in [1.82, 2.24) is 0 Å². The minimum absolute atomic E-state index is 0.150. The molecule has 6 rings (SSSR count). The van der Waals surface area contributed by atoms with Crippen LogP contribution in [-0.2, 0) is 75.8 Å². The Morgan fingerprint density at radius 1 is 0.677 bits per heavy atom. The van der Waals surface area contributed by atoms with E-state index in [1.807, 2.05) is 54.5 Å². The van der Waals surface area contributed by atoms with E-state index in [2.05, 4.69) is 20.8 Å². The van der Waals surface area contributed by atoms with Crippen molar-refractivity contribution in [3.63, 3.8) is 0 Å². The summed E-state index contributed by atoms with van der Waals surface area (Å²) >= 11 is 0. The molecule has 14 atom stereocenters. The highest BCUT2D eigenvalue weighted by Gasteiger charge is 2.61. The molecule has 0 radical (unpaired) electrons. The predicted octanol–water partition coefficient (Wildman–Crippen LogP) is 6.45. The van der Waals surface area contributed by atoms with Gasteiger partial charge in [-0.3, -0.25) is 0 Å². The van der Waals surface area contributed by atoms with Gasteiger partial charge in [-0.2, -0.15) is 0 Å². The first-order valence-electron chi connectivity index (χ1n) is 23.8. The summed E-state index contributed by atoms with van der Waals surface area (Å²) in [6.45, 7) is 20.7. The summed E-state index contributed by atoms with van der Waals surface area (Å²) in [5.41, 5.74) is 0.391. The largest absolute Gasteiger partial charge is 0.459 e. The van der Waals surface area contributed by atoms with Crippen LogP contribution in [0.4, 0.5) is 0 Å². The molecule has 5 heterocycles. The third kappa shape index (κ3) is 13.5. The van der Waals surface area contributed by atoms with Gasteiger partial charge in [0.15, 0.2) is 36.2 Å². The maximum Gasteiger partial charge on any atom is 0.338 e. The van der Waals surface area contributed by atoms with Gasteiger partial charge in [0, 0.05) is 34.0 Å². The standard InChI is InChI=1S/C48H78O17/c1-13-16-24-52-33-29(4)57-44(39(54-26-18-15-3)36(33)53-25-17-14-2)60-40-38-35(62-47(7,8)64-38)31(27-55-42(49)30-22-20-19-21-23-30)58-45(40)59-34(32-28-56-46(5,6)61-32)37-41(43(50-11)51-12)65-48(9,10)63-37/h19-23,29,31-41,43-45H,13-18,24-28H2,1-12H3/t29?,31?,32?,33-,34-,35+,36?,37+,38?,39+,40+,41?,44+,45+/m1/s1. The van der Waals surface area contributed by atoms with E-state index >= 15 is 0 Å². The van der Waals surface area contributed by atoms with Crippen LogP contribution in [0.1, 0.15) is 118 Å². The molecule has 5 aliphatic heterocycles. The molecule has 0 N–H and O–H groups in total. The number of fused-ring (bicyclic) bond motifs is 1. The first-order valence-corrected chi connectivity index (χ1v) is 23.8. The van der Waals surface area contributed by atoms with E-state index in [9.17, 15) is 4.79 Å². The number of ether oxygens (including phenoxy) is 16. The number of carbonyl (C=O) groups excluding carboxylic acids is 1. The second kappa shape index (κ2) is 23.6. The van der Waals surface area contributed by atoms with E-state index in [0.29, 0.717) is 25.4 Å². The fraction of sp³-hybridized carbons (Fsp3) is 0.854. The summed E-state index contributed by atoms with van der Waals surface area (Å²) in [5, 5.41) is 0. The first kappa shape index (κ1) is 52.5. The van der Waals surface area contributed by atoms with Gasteiger partial charge in [0.05, 0.1) is 18.3 Å². The number of esters is 1. The monoisotopic (exact) mass is 927 g/mol. The van der Waals surface area contributed by atoms with Crippen molar-refractivity contribution in [1.29, 1.82) is 0 Å². The van der Waals surface area contributed by atoms with Crippen molar-refractivity contribution in [2.24, 2.45) is 0 Å². The molecule has 0 amide bonds. The van der Waals surface area contributed by atoms with Crippen LogP contribution in [0, 0.1) is 0 Å². The van der Waals surface area contributed by atoms with E-state index in [0.717, 1.165) is 38.5 Å². The second-order valence-electron chi connectivity index (χ2n) is 18.8. The highest BCUT2D eigenvalue weighted by molar-refractivity contribution is 5.89. The van der Waals surface area contributed by atoms with Crippen molar-refractivity contribution < 1.29 is 80.6 Å². The molecular weight excluding hydrogens is 849 g/mol. The van der Waals surface area contributed by atoms with Crippen LogP contribution >= 0.6 is 0 Å². The maximum atomic E-state index is 13.4. The van der Waals surface area contributed by atoms with E-state index in [1.165, 1.54) is 14.2 Å². The minimum atomic E-state index is -1.25. The summed E-state index contributed by atoms with van der Waals surface area (Å²) in [6.07, 6.45) is -6.67. The smallest absolute Gasteiger partial charge is 0.338 e. The number of methoxy groups -OCH3 is 2. The number of carbonyl (C=O) groups is 1. The summed E-state index contributed by atoms with van der Waals surface area (Å²) in [7, 11) is 3.07. The molecule has 1 aromatic carbocycles. The van der Waals surface area contributed by atoms with Crippen molar-refractivity contribution in [2.75, 3.05) is 47.3 Å². The van der Waals surface area contributed by atoms with Gasteiger partial charge in [0.1, 0.15) is 73.8 Å². The Morgan fingerprint density at radius 2 is 1.26 bits per heavy atom. The number of unbranched alkanes of at least 4 members (excludes halogenated alkanes) is 3. The fourth-order valence-corrected chi connectivity index (χ4v) is 9.02. The second-order valence-corrected chi connectivity index (χ2v) is 18.8. The Hall–Kier alpha value is -1.91. The Kier molecular flexibility index (Phi) is 19.0. The van der Waals surface area contributed by atoms with Gasteiger partial charge in [-0.1, -0.05) is 58.2 Å². The minimum Gasteiger partial charge on any atom is -0.459 e. The number of benzene rings is 1. The highest BCUT2D eigenvalue weighted by atomic mass is 16.8. The summed E-state index contributed by atoms with van der Waals surface area (Å²) in [6, 6.07) is 8.76. The van der Waals surface area contributed by atoms with E-state index in [1.54, 1.807) is 24.3 Å². The molecule has 5 fully saturated rings. The summed E-state index contributed by atoms with van der Waals surface area (Å²) in [5.74, 6) is -3.66. The third-order valence-electron chi connectivity index (χ3n) is 12.2. The first-order chi connectivity index (χ1) is 31.0. The fourth-order valence-electron chi connectivity index (χ4n) is 9.02. The van der Waals surface area contributed by atoms with E-state index in [4.69, 9.17) is 75.8 Å². The topological polar surface area (TPSA) is 165 Å². The molecule has 65 heavy (non-hydrogen) atoms. The lowest BCUT2D eigenvalue weighted by atomic mass is 9.96. The molecule has 0 bridgehead atoms. The van der Waals surface area contributed by atoms with Crippen LogP contribution < -0.4 is 0 Å². The normalized spacial score (nSPS) is 35.6. The van der Waals surface area contributed by atoms with Gasteiger partial charge >= 0.3 is 5.97 Å². The molecule has 372 valence electrons. The molecule has 17 heteroatoms. The maximum absolute atomic E-state index is 13.4. The van der Waals surface area contributed by atoms with E-state index in [-0.39, 0.29) is 13.2 Å². The van der Waals surface area contributed by atoms with Crippen LogP contribution in [0.25, 0.3) is 0 Å². The Bertz CT molecular complexity index is 1580. The van der Waals surface area contributed by atoms with Gasteiger partial charge in [0.2, 0.25) is 0 Å². The molecule has 6 unspecified atom stereocenters. The van der Waals surface area contributed by atoms with Gasteiger partial charge in [-0.15, -0.1) is 0 Å². The molecule has 17 nitrogen and oxygen atoms in total. The van der Waals surface area contributed by atoms with E-state index < -0.39 is 115 Å². The Morgan fingerprint density at radius 3 is 1.86 bits per heavy atom. The molecule has 0 aromatic heterocycles. The Balaban J connectivity index is 1.40. The average molecular weight is 927 g/mol. The zero-order valence-electron chi connectivity index (χ0n) is 40.8. The molecular formula is C48H78O17. The number of hydrogen-bond acceptors (Lipinski definition) is 17. The van der Waals surface area contributed by atoms with Gasteiger partial charge in [-0.05, 0) is 79.9 Å². The SMILES string of the molecule is CCCCOC1[C@H](OCCCC)C(C)O[C@@H](O[C@H]2C3OC(C)(C)O[C@H]3C(COC(=O)c3ccccc3)O[C@H]2O[C@H](C2COC(C)(C)O2)[C@@H]2OC(C)(C)OC2C(OC)OC)[C@H]1OCCCC. The third-order valence-corrected chi connectivity index (χ3v) is 12.2. The number of rotatable bonds is 24. The van der Waals surface area contributed by atoms with Crippen molar-refractivity contribution in [3.05, 3.63) is 35.9 Å². The van der Waals surface area contributed by atoms with Crippen LogP contribution in [-0.4, -0.2) is 163 Å². The van der Waals surface area contributed by atoms with Crippen LogP contribution in [0.2, 0.25) is 0 Å². The molecule has 0 aliphatic carbocycles. The van der Waals surface area contributed by atoms with Crippen LogP contribution in [0.3, 0.4) is 0 Å². The van der Waals surface area contributed by atoms with Crippen molar-refractivity contribution in [2.45, 2.75) is 217 Å². The lowest BCUT2D eigenvalue weighted by molar-refractivity contribution is -0.374. The molecule has 1 aromatic rings. The van der Waals surface area contributed by atoms with Gasteiger partial charge in [-0.25, -0.2) is 4.79 Å². The summed E-state index contributed by atoms with van der Waals surface area (Å²) < 4.78 is 105. The quantitative estimate of drug-likeness (QED) is 0.0631. The van der Waals surface area contributed by atoms with Gasteiger partial charge in [0.25, 0.3) is 0 Å². The lowest BCUT2D eigenvalue weighted by Gasteiger charge is -2.49. The summed E-state index contributed by atoms with van der Waals surface area (Å²) in [4.78, 5) is 13.4. The highest BCUT2D eigenvalue weighted by Crippen LogP contribution is 2.44. The van der Waals surface area contributed by atoms with Gasteiger partial charge < -0.3 is 75.8 Å². The van der Waals surface area contributed by atoms with Crippen LogP contribution in [0.5, 0.6) is 0 Å². The molecule has 0 saturated carbocycles. The molecule has 5 aliphatic rings. The lowest BCUT2D eigenvalue weighted by Crippen LogP contribution is -2.65. The van der Waals surface area contributed by atoms with Crippen molar-refractivity contribution in [3.8, 4) is 0 Å². The predicted molar refractivity (Wildman–Crippen MR) is 234 cm³/mol.